The number of ether oxygens (including phenoxy) is 1. The van der Waals surface area contributed by atoms with Gasteiger partial charge in [-0.25, -0.2) is 9.25 Å². The van der Waals surface area contributed by atoms with Crippen molar-refractivity contribution in [3.63, 3.8) is 0 Å². The van der Waals surface area contributed by atoms with Crippen LogP contribution < -0.4 is 4.84 Å². The third kappa shape index (κ3) is 4.47. The van der Waals surface area contributed by atoms with E-state index in [1.807, 2.05) is 25.4 Å². The van der Waals surface area contributed by atoms with Crippen LogP contribution in [0.4, 0.5) is 0 Å². The summed E-state index contributed by atoms with van der Waals surface area (Å²) in [6, 6.07) is 7.55. The van der Waals surface area contributed by atoms with Crippen molar-refractivity contribution in [2.24, 2.45) is 13.0 Å². The molecule has 2 heterocycles. The first-order chi connectivity index (χ1) is 12.1. The van der Waals surface area contributed by atoms with Gasteiger partial charge in [-0.05, 0) is 53.9 Å². The van der Waals surface area contributed by atoms with Gasteiger partial charge in [0.05, 0.1) is 6.61 Å². The van der Waals surface area contributed by atoms with Crippen molar-refractivity contribution in [1.82, 2.24) is 13.8 Å². The van der Waals surface area contributed by atoms with E-state index in [4.69, 9.17) is 28.3 Å². The molecular weight excluding hydrogens is 361 g/mol. The Morgan fingerprint density at radius 2 is 2.08 bits per heavy atom. The highest BCUT2D eigenvalue weighted by Crippen LogP contribution is 2.22. The molecule has 0 saturated carbocycles. The Balaban J connectivity index is 1.60. The second kappa shape index (κ2) is 8.41. The minimum absolute atomic E-state index is 0.309. The van der Waals surface area contributed by atoms with Gasteiger partial charge < -0.3 is 9.30 Å². The summed E-state index contributed by atoms with van der Waals surface area (Å²) >= 11 is 11.8. The zero-order chi connectivity index (χ0) is 17.8. The zero-order valence-corrected chi connectivity index (χ0v) is 15.8. The maximum Gasteiger partial charge on any atom is 0.324 e. The van der Waals surface area contributed by atoms with Crippen LogP contribution >= 0.6 is 23.6 Å². The lowest BCUT2D eigenvalue weighted by molar-refractivity contribution is -0.147. The topological polar surface area (TPSA) is 46.5 Å². The van der Waals surface area contributed by atoms with Crippen molar-refractivity contribution >= 4 is 40.4 Å². The monoisotopic (exact) mass is 383 g/mol. The highest BCUT2D eigenvalue weighted by atomic mass is 35.5. The molecule has 0 spiro atoms. The van der Waals surface area contributed by atoms with Crippen molar-refractivity contribution in [2.45, 2.75) is 25.3 Å². The first-order valence-electron chi connectivity index (χ1n) is 8.55. The molecular formula is C18H23Cl2N3O2. The van der Waals surface area contributed by atoms with Gasteiger partial charge in [0.1, 0.15) is 6.04 Å². The van der Waals surface area contributed by atoms with Crippen LogP contribution in [-0.2, 0) is 23.0 Å². The first kappa shape index (κ1) is 18.5. The first-order valence-corrected chi connectivity index (χ1v) is 9.26. The van der Waals surface area contributed by atoms with Crippen LogP contribution in [0.1, 0.15) is 18.4 Å². The quantitative estimate of drug-likeness (QED) is 0.614. The van der Waals surface area contributed by atoms with Crippen molar-refractivity contribution in [3.8, 4) is 0 Å². The third-order valence-electron chi connectivity index (χ3n) is 4.84. The van der Waals surface area contributed by atoms with E-state index >= 15 is 0 Å². The summed E-state index contributed by atoms with van der Waals surface area (Å²) in [5, 5.41) is 1.13. The van der Waals surface area contributed by atoms with E-state index in [0.717, 1.165) is 42.4 Å². The highest BCUT2D eigenvalue weighted by Gasteiger charge is 2.24. The number of halogens is 2. The molecule has 3 rings (SSSR count). The number of carbonyl (C=O) groups excluding carboxylic acids is 1. The van der Waals surface area contributed by atoms with E-state index in [1.165, 1.54) is 0 Å². The lowest BCUT2D eigenvalue weighted by Gasteiger charge is -2.27. The van der Waals surface area contributed by atoms with Gasteiger partial charge in [-0.2, -0.15) is 0 Å². The molecule has 1 fully saturated rings. The minimum atomic E-state index is -0.569. The van der Waals surface area contributed by atoms with E-state index in [9.17, 15) is 4.79 Å². The number of nitrogens with zero attached hydrogens (tertiary/aromatic N) is 2. The van der Waals surface area contributed by atoms with Gasteiger partial charge >= 0.3 is 5.97 Å². The fourth-order valence-corrected chi connectivity index (χ4v) is 3.70. The SMILES string of the molecule is Cn1cc(C[C@@H](NCl)C(=O)OCC2CCN(Cl)CC2)c2ccccc21. The summed E-state index contributed by atoms with van der Waals surface area (Å²) in [5.41, 5.74) is 2.20. The molecule has 1 aromatic carbocycles. The Labute approximate surface area is 158 Å². The lowest BCUT2D eigenvalue weighted by atomic mass is 9.99. The predicted molar refractivity (Wildman–Crippen MR) is 101 cm³/mol. The Morgan fingerprint density at radius 3 is 2.80 bits per heavy atom. The molecule has 0 amide bonds. The van der Waals surface area contributed by atoms with Gasteiger partial charge in [0.2, 0.25) is 0 Å². The normalized spacial score (nSPS) is 17.7. The summed E-state index contributed by atoms with van der Waals surface area (Å²) in [5.74, 6) is 0.0590. The van der Waals surface area contributed by atoms with Crippen molar-refractivity contribution in [3.05, 3.63) is 36.0 Å². The Bertz CT molecular complexity index is 726. The summed E-state index contributed by atoms with van der Waals surface area (Å²) in [7, 11) is 2.00. The molecule has 1 aliphatic heterocycles. The van der Waals surface area contributed by atoms with Crippen LogP contribution in [0.2, 0.25) is 0 Å². The number of aromatic nitrogens is 1. The van der Waals surface area contributed by atoms with Crippen LogP contribution in [-0.4, -0.2) is 40.7 Å². The number of nitrogens with one attached hydrogen (secondary N) is 1. The number of hydrogen-bond donors (Lipinski definition) is 1. The van der Waals surface area contributed by atoms with Gasteiger partial charge in [-0.1, -0.05) is 18.2 Å². The van der Waals surface area contributed by atoms with Gasteiger partial charge in [-0.3, -0.25) is 4.79 Å². The number of rotatable bonds is 6. The molecule has 1 atom stereocenters. The second-order valence-electron chi connectivity index (χ2n) is 6.63. The molecule has 25 heavy (non-hydrogen) atoms. The van der Waals surface area contributed by atoms with Gasteiger partial charge in [0, 0.05) is 43.7 Å². The van der Waals surface area contributed by atoms with Crippen molar-refractivity contribution < 1.29 is 9.53 Å². The molecule has 0 bridgehead atoms. The van der Waals surface area contributed by atoms with Crippen molar-refractivity contribution in [1.29, 1.82) is 0 Å². The number of carbonyl (C=O) groups is 1. The van der Waals surface area contributed by atoms with Crippen LogP contribution in [0.15, 0.2) is 30.5 Å². The van der Waals surface area contributed by atoms with Gasteiger partial charge in [0.15, 0.2) is 0 Å². The smallest absolute Gasteiger partial charge is 0.324 e. The Kier molecular flexibility index (Phi) is 6.23. The fraction of sp³-hybridized carbons (Fsp3) is 0.500. The summed E-state index contributed by atoms with van der Waals surface area (Å²) in [4.78, 5) is 15.0. The number of piperidine rings is 1. The number of fused-ring (bicyclic) bond motifs is 1. The third-order valence-corrected chi connectivity index (χ3v) is 5.44. The predicted octanol–water partition coefficient (Wildman–Crippen LogP) is 3.24. The van der Waals surface area contributed by atoms with E-state index in [2.05, 4.69) is 21.5 Å². The number of esters is 1. The molecule has 1 aromatic heterocycles. The standard InChI is InChI=1S/C18H23Cl2N3O2/c1-22-11-14(15-4-2-3-5-17(15)22)10-16(21-19)18(24)25-12-13-6-8-23(20)9-7-13/h2-5,11,13,16,21H,6-10,12H2,1H3/t16-/m1/s1. The lowest BCUT2D eigenvalue weighted by Crippen LogP contribution is -2.36. The molecule has 0 aliphatic carbocycles. The average molecular weight is 384 g/mol. The van der Waals surface area contributed by atoms with E-state index in [1.54, 1.807) is 4.42 Å². The summed E-state index contributed by atoms with van der Waals surface area (Å²) in [6.07, 6.45) is 4.41. The van der Waals surface area contributed by atoms with E-state index in [0.29, 0.717) is 18.9 Å². The van der Waals surface area contributed by atoms with Crippen LogP contribution in [0.25, 0.3) is 10.9 Å². The largest absolute Gasteiger partial charge is 0.464 e. The number of hydrogen-bond acceptors (Lipinski definition) is 4. The molecule has 0 unspecified atom stereocenters. The molecule has 5 nitrogen and oxygen atoms in total. The molecule has 2 aromatic rings. The minimum Gasteiger partial charge on any atom is -0.464 e. The highest BCUT2D eigenvalue weighted by molar-refractivity contribution is 6.15. The Hall–Kier alpha value is -1.27. The second-order valence-corrected chi connectivity index (χ2v) is 7.33. The van der Waals surface area contributed by atoms with E-state index in [-0.39, 0.29) is 5.97 Å². The number of para-hydroxylation sites is 1. The van der Waals surface area contributed by atoms with E-state index < -0.39 is 6.04 Å². The molecule has 1 saturated heterocycles. The average Bonchev–Trinajstić information content (AvgIpc) is 2.95. The van der Waals surface area contributed by atoms with Crippen LogP contribution in [0, 0.1) is 5.92 Å². The Morgan fingerprint density at radius 1 is 1.36 bits per heavy atom. The van der Waals surface area contributed by atoms with Gasteiger partial charge in [0.25, 0.3) is 0 Å². The maximum atomic E-state index is 12.4. The maximum absolute atomic E-state index is 12.4. The molecule has 7 heteroatoms. The summed E-state index contributed by atoms with van der Waals surface area (Å²) < 4.78 is 9.34. The molecule has 136 valence electrons. The zero-order valence-electron chi connectivity index (χ0n) is 14.3. The molecule has 1 aliphatic rings. The summed E-state index contributed by atoms with van der Waals surface area (Å²) in [6.45, 7) is 2.09. The van der Waals surface area contributed by atoms with Crippen molar-refractivity contribution in [2.75, 3.05) is 19.7 Å². The fourth-order valence-electron chi connectivity index (χ4n) is 3.34. The number of aryl methyl sites for hydroxylation is 1. The van der Waals surface area contributed by atoms with Crippen LogP contribution in [0.3, 0.4) is 0 Å². The number of benzene rings is 1. The molecule has 0 radical (unpaired) electrons. The van der Waals surface area contributed by atoms with Gasteiger partial charge in [-0.15, -0.1) is 0 Å². The van der Waals surface area contributed by atoms with Crippen LogP contribution in [0.5, 0.6) is 0 Å². The molecule has 1 N–H and O–H groups in total.